The van der Waals surface area contributed by atoms with E-state index in [4.69, 9.17) is 0 Å². The van der Waals surface area contributed by atoms with Crippen molar-refractivity contribution in [3.05, 3.63) is 35.9 Å². The maximum atomic E-state index is 11.7. The van der Waals surface area contributed by atoms with Crippen molar-refractivity contribution >= 4 is 18.2 Å². The number of halogens is 1. The van der Waals surface area contributed by atoms with E-state index in [1.54, 1.807) is 0 Å². The van der Waals surface area contributed by atoms with E-state index in [9.17, 15) is 4.79 Å². The number of piperidine rings is 1. The monoisotopic (exact) mass is 253 g/mol. The Bertz CT molecular complexity index is 352. The zero-order valence-corrected chi connectivity index (χ0v) is 11.2. The van der Waals surface area contributed by atoms with Crippen LogP contribution in [0.3, 0.4) is 0 Å². The highest BCUT2D eigenvalue weighted by atomic mass is 35.5. The third kappa shape index (κ3) is 3.55. The summed E-state index contributed by atoms with van der Waals surface area (Å²) < 4.78 is 0. The van der Waals surface area contributed by atoms with Gasteiger partial charge < -0.3 is 0 Å². The Morgan fingerprint density at radius 3 is 2.18 bits per heavy atom. The minimum absolute atomic E-state index is 0. The molecule has 0 saturated carbocycles. The molecule has 0 amide bonds. The van der Waals surface area contributed by atoms with Gasteiger partial charge in [-0.25, -0.2) is 0 Å². The molecule has 0 unspecified atom stereocenters. The number of nitrogens with zero attached hydrogens (tertiary/aromatic N) is 1. The largest absolute Gasteiger partial charge is 0.299 e. The summed E-state index contributed by atoms with van der Waals surface area (Å²) in [6.07, 6.45) is 0. The molecule has 1 fully saturated rings. The Morgan fingerprint density at radius 1 is 1.12 bits per heavy atom. The molecule has 3 heteroatoms. The molecule has 17 heavy (non-hydrogen) atoms. The Balaban J connectivity index is 0.00000144. The summed E-state index contributed by atoms with van der Waals surface area (Å²) in [6, 6.07) is 10.5. The van der Waals surface area contributed by atoms with Crippen LogP contribution in [0.15, 0.2) is 30.3 Å². The number of carbonyl (C=O) groups is 1. The van der Waals surface area contributed by atoms with Crippen molar-refractivity contribution in [2.24, 2.45) is 11.8 Å². The number of Topliss-reactive ketones (excluding diaryl/α,β-unsaturated/α-hetero) is 1. The number of ketones is 1. The van der Waals surface area contributed by atoms with Crippen LogP contribution in [0.1, 0.15) is 19.4 Å². The quantitative estimate of drug-likeness (QED) is 0.808. The van der Waals surface area contributed by atoms with Crippen molar-refractivity contribution in [2.75, 3.05) is 13.1 Å². The van der Waals surface area contributed by atoms with E-state index in [1.165, 1.54) is 5.56 Å². The van der Waals surface area contributed by atoms with Crippen molar-refractivity contribution in [2.45, 2.75) is 20.4 Å². The Labute approximate surface area is 109 Å². The van der Waals surface area contributed by atoms with Gasteiger partial charge in [0.2, 0.25) is 0 Å². The van der Waals surface area contributed by atoms with E-state index in [1.807, 2.05) is 19.9 Å². The molecule has 0 bridgehead atoms. The average Bonchev–Trinajstić information content (AvgIpc) is 2.27. The fraction of sp³-hybridized carbons (Fsp3) is 0.500. The maximum absolute atomic E-state index is 11.7. The van der Waals surface area contributed by atoms with Gasteiger partial charge in [0.25, 0.3) is 0 Å². The number of likely N-dealkylation sites (tertiary alicyclic amines) is 1. The number of hydrogen-bond acceptors (Lipinski definition) is 2. The fourth-order valence-corrected chi connectivity index (χ4v) is 2.49. The summed E-state index contributed by atoms with van der Waals surface area (Å²) in [5, 5.41) is 0. The van der Waals surface area contributed by atoms with Crippen LogP contribution in [0.2, 0.25) is 0 Å². The third-order valence-electron chi connectivity index (χ3n) is 3.28. The molecule has 1 aliphatic rings. The second kappa shape index (κ2) is 6.18. The second-order valence-corrected chi connectivity index (χ2v) is 4.88. The smallest absolute Gasteiger partial charge is 0.141 e. The SMILES string of the molecule is C[C@H]1CN(Cc2ccccc2)C[C@H](C)C1=O.Cl. The molecule has 0 radical (unpaired) electrons. The molecule has 0 N–H and O–H groups in total. The van der Waals surface area contributed by atoms with Crippen LogP contribution >= 0.6 is 12.4 Å². The summed E-state index contributed by atoms with van der Waals surface area (Å²) >= 11 is 0. The Morgan fingerprint density at radius 2 is 1.65 bits per heavy atom. The van der Waals surface area contributed by atoms with Gasteiger partial charge in [0.1, 0.15) is 5.78 Å². The van der Waals surface area contributed by atoms with Gasteiger partial charge in [-0.3, -0.25) is 9.69 Å². The molecule has 2 atom stereocenters. The van der Waals surface area contributed by atoms with Crippen LogP contribution in [0.5, 0.6) is 0 Å². The van der Waals surface area contributed by atoms with Gasteiger partial charge in [0.05, 0.1) is 0 Å². The van der Waals surface area contributed by atoms with E-state index < -0.39 is 0 Å². The van der Waals surface area contributed by atoms with Crippen LogP contribution < -0.4 is 0 Å². The van der Waals surface area contributed by atoms with E-state index in [0.717, 1.165) is 19.6 Å². The Kier molecular flexibility index (Phi) is 5.16. The lowest BCUT2D eigenvalue weighted by Gasteiger charge is -2.33. The number of rotatable bonds is 2. The van der Waals surface area contributed by atoms with Crippen LogP contribution in [-0.2, 0) is 11.3 Å². The minimum Gasteiger partial charge on any atom is -0.299 e. The molecule has 1 aromatic carbocycles. The van der Waals surface area contributed by atoms with Crippen molar-refractivity contribution < 1.29 is 4.79 Å². The van der Waals surface area contributed by atoms with Gasteiger partial charge >= 0.3 is 0 Å². The van der Waals surface area contributed by atoms with Gasteiger partial charge in [0, 0.05) is 31.5 Å². The van der Waals surface area contributed by atoms with Crippen LogP contribution in [0.25, 0.3) is 0 Å². The van der Waals surface area contributed by atoms with Gasteiger partial charge in [0.15, 0.2) is 0 Å². The minimum atomic E-state index is 0. The molecular weight excluding hydrogens is 234 g/mol. The molecule has 0 aliphatic carbocycles. The molecule has 0 aromatic heterocycles. The van der Waals surface area contributed by atoms with Crippen LogP contribution in [0, 0.1) is 11.8 Å². The Hall–Kier alpha value is -0.860. The number of hydrogen-bond donors (Lipinski definition) is 0. The lowest BCUT2D eigenvalue weighted by Crippen LogP contribution is -2.44. The molecule has 2 rings (SSSR count). The van der Waals surface area contributed by atoms with E-state index >= 15 is 0 Å². The predicted octanol–water partition coefficient (Wildman–Crippen LogP) is 2.77. The molecule has 1 aromatic rings. The summed E-state index contributed by atoms with van der Waals surface area (Å²) in [5.41, 5.74) is 1.33. The van der Waals surface area contributed by atoms with Gasteiger partial charge in [-0.05, 0) is 5.56 Å². The molecule has 1 aliphatic heterocycles. The summed E-state index contributed by atoms with van der Waals surface area (Å²) in [5.74, 6) is 0.796. The lowest BCUT2D eigenvalue weighted by molar-refractivity contribution is -0.130. The zero-order valence-electron chi connectivity index (χ0n) is 10.4. The average molecular weight is 254 g/mol. The first-order valence-corrected chi connectivity index (χ1v) is 5.97. The van der Waals surface area contributed by atoms with Gasteiger partial charge in [-0.1, -0.05) is 44.2 Å². The van der Waals surface area contributed by atoms with Crippen LogP contribution in [-0.4, -0.2) is 23.8 Å². The maximum Gasteiger partial charge on any atom is 0.141 e. The van der Waals surface area contributed by atoms with Crippen molar-refractivity contribution in [3.63, 3.8) is 0 Å². The predicted molar refractivity (Wildman–Crippen MR) is 72.3 cm³/mol. The highest BCUT2D eigenvalue weighted by molar-refractivity contribution is 5.85. The fourth-order valence-electron chi connectivity index (χ4n) is 2.49. The molecule has 1 heterocycles. The number of benzene rings is 1. The zero-order chi connectivity index (χ0) is 11.5. The number of carbonyl (C=O) groups excluding carboxylic acids is 1. The van der Waals surface area contributed by atoms with Gasteiger partial charge in [-0.2, -0.15) is 0 Å². The first-order valence-electron chi connectivity index (χ1n) is 5.97. The van der Waals surface area contributed by atoms with Crippen LogP contribution in [0.4, 0.5) is 0 Å². The topological polar surface area (TPSA) is 20.3 Å². The normalized spacial score (nSPS) is 25.4. The molecule has 94 valence electrons. The molecule has 1 saturated heterocycles. The standard InChI is InChI=1S/C14H19NO.ClH/c1-11-8-15(9-12(2)14(11)16)10-13-6-4-3-5-7-13;/h3-7,11-12H,8-10H2,1-2H3;1H/t11-,12-;/m0./s1. The molecular formula is C14H20ClNO. The molecule has 0 spiro atoms. The summed E-state index contributed by atoms with van der Waals surface area (Å²) in [7, 11) is 0. The van der Waals surface area contributed by atoms with Crippen molar-refractivity contribution in [3.8, 4) is 0 Å². The summed E-state index contributed by atoms with van der Waals surface area (Å²) in [6.45, 7) is 6.84. The highest BCUT2D eigenvalue weighted by Crippen LogP contribution is 2.19. The van der Waals surface area contributed by atoms with Crippen molar-refractivity contribution in [1.29, 1.82) is 0 Å². The summed E-state index contributed by atoms with van der Waals surface area (Å²) in [4.78, 5) is 14.1. The first-order chi connectivity index (χ1) is 7.66. The van der Waals surface area contributed by atoms with E-state index in [0.29, 0.717) is 5.78 Å². The highest BCUT2D eigenvalue weighted by Gasteiger charge is 2.29. The third-order valence-corrected chi connectivity index (χ3v) is 3.28. The molecule has 2 nitrogen and oxygen atoms in total. The van der Waals surface area contributed by atoms with Crippen molar-refractivity contribution in [1.82, 2.24) is 4.90 Å². The van der Waals surface area contributed by atoms with E-state index in [-0.39, 0.29) is 24.2 Å². The van der Waals surface area contributed by atoms with E-state index in [2.05, 4.69) is 29.2 Å². The lowest BCUT2D eigenvalue weighted by atomic mass is 9.90. The van der Waals surface area contributed by atoms with Gasteiger partial charge in [-0.15, -0.1) is 12.4 Å². The first kappa shape index (κ1) is 14.2. The second-order valence-electron chi connectivity index (χ2n) is 4.88.